The predicted octanol–water partition coefficient (Wildman–Crippen LogP) is 1.32. The highest BCUT2D eigenvalue weighted by Gasteiger charge is 2.32. The smallest absolute Gasteiger partial charge is 0.240 e. The molecule has 0 saturated carbocycles. The first kappa shape index (κ1) is 14.8. The second-order valence-electron chi connectivity index (χ2n) is 6.21. The molecule has 2 aliphatic heterocycles. The summed E-state index contributed by atoms with van der Waals surface area (Å²) in [5, 5.41) is 3.37. The number of amides is 1. The zero-order chi connectivity index (χ0) is 13.7. The predicted molar refractivity (Wildman–Crippen MR) is 78.1 cm³/mol. The van der Waals surface area contributed by atoms with Crippen LogP contribution in [0, 0.1) is 5.92 Å². The van der Waals surface area contributed by atoms with E-state index in [1.165, 1.54) is 19.3 Å². The third-order valence-corrected chi connectivity index (χ3v) is 4.32. The second-order valence-corrected chi connectivity index (χ2v) is 6.21. The van der Waals surface area contributed by atoms with Crippen molar-refractivity contribution in [3.63, 3.8) is 0 Å². The number of nitrogens with zero attached hydrogens (tertiary/aromatic N) is 2. The van der Waals surface area contributed by atoms with Crippen molar-refractivity contribution in [1.29, 1.82) is 0 Å². The van der Waals surface area contributed by atoms with Crippen LogP contribution in [0.1, 0.15) is 39.5 Å². The lowest BCUT2D eigenvalue weighted by atomic mass is 9.98. The van der Waals surface area contributed by atoms with Crippen LogP contribution < -0.4 is 5.32 Å². The molecule has 0 aromatic rings. The third-order valence-electron chi connectivity index (χ3n) is 4.32. The van der Waals surface area contributed by atoms with Crippen LogP contribution in [-0.2, 0) is 4.79 Å². The minimum Gasteiger partial charge on any atom is -0.340 e. The van der Waals surface area contributed by atoms with Crippen molar-refractivity contribution < 1.29 is 4.79 Å². The molecule has 0 aliphatic carbocycles. The van der Waals surface area contributed by atoms with E-state index >= 15 is 0 Å². The summed E-state index contributed by atoms with van der Waals surface area (Å²) < 4.78 is 0. The molecule has 1 atom stereocenters. The Labute approximate surface area is 117 Å². The highest BCUT2D eigenvalue weighted by Crippen LogP contribution is 2.19. The fourth-order valence-corrected chi connectivity index (χ4v) is 3.31. The Hall–Kier alpha value is -0.610. The third kappa shape index (κ3) is 3.93. The van der Waals surface area contributed by atoms with Gasteiger partial charge in [-0.05, 0) is 44.8 Å². The molecular weight excluding hydrogens is 238 g/mol. The van der Waals surface area contributed by atoms with E-state index in [-0.39, 0.29) is 6.04 Å². The fraction of sp³-hybridized carbons (Fsp3) is 0.933. The summed E-state index contributed by atoms with van der Waals surface area (Å²) >= 11 is 0. The lowest BCUT2D eigenvalue weighted by Gasteiger charge is -2.38. The molecule has 4 heteroatoms. The van der Waals surface area contributed by atoms with Gasteiger partial charge in [0, 0.05) is 19.6 Å². The largest absolute Gasteiger partial charge is 0.340 e. The van der Waals surface area contributed by atoms with Crippen LogP contribution in [-0.4, -0.2) is 61.0 Å². The van der Waals surface area contributed by atoms with Crippen LogP contribution in [0.4, 0.5) is 0 Å². The van der Waals surface area contributed by atoms with Gasteiger partial charge in [-0.25, -0.2) is 0 Å². The van der Waals surface area contributed by atoms with Crippen molar-refractivity contribution in [1.82, 2.24) is 15.1 Å². The van der Waals surface area contributed by atoms with E-state index in [1.807, 2.05) is 0 Å². The Kier molecular flexibility index (Phi) is 5.64. The molecule has 1 amide bonds. The van der Waals surface area contributed by atoms with Gasteiger partial charge < -0.3 is 10.2 Å². The van der Waals surface area contributed by atoms with E-state index in [2.05, 4.69) is 29.0 Å². The minimum absolute atomic E-state index is 0.0957. The topological polar surface area (TPSA) is 35.6 Å². The van der Waals surface area contributed by atoms with Gasteiger partial charge in [-0.2, -0.15) is 0 Å². The van der Waals surface area contributed by atoms with Crippen molar-refractivity contribution in [2.45, 2.75) is 45.6 Å². The molecule has 110 valence electrons. The van der Waals surface area contributed by atoms with Crippen LogP contribution in [0.15, 0.2) is 0 Å². The molecule has 0 aromatic carbocycles. The van der Waals surface area contributed by atoms with E-state index < -0.39 is 0 Å². The van der Waals surface area contributed by atoms with E-state index in [1.54, 1.807) is 0 Å². The van der Waals surface area contributed by atoms with Crippen molar-refractivity contribution in [3.05, 3.63) is 0 Å². The number of rotatable bonds is 3. The molecule has 19 heavy (non-hydrogen) atoms. The summed E-state index contributed by atoms with van der Waals surface area (Å²) in [6, 6.07) is 0.0957. The number of piperidine rings is 1. The first-order chi connectivity index (χ1) is 9.20. The quantitative estimate of drug-likeness (QED) is 0.838. The van der Waals surface area contributed by atoms with Gasteiger partial charge >= 0.3 is 0 Å². The standard InChI is InChI=1S/C15H29N3O/c1-13(2)14(17-9-4-3-5-10-17)15(19)18-11-6-7-16-8-12-18/h13-14,16H,3-12H2,1-2H3. The van der Waals surface area contributed by atoms with Gasteiger partial charge in [0.2, 0.25) is 5.91 Å². The highest BCUT2D eigenvalue weighted by molar-refractivity contribution is 5.82. The number of hydrogen-bond acceptors (Lipinski definition) is 3. The van der Waals surface area contributed by atoms with Crippen LogP contribution in [0.3, 0.4) is 0 Å². The Morgan fingerprint density at radius 3 is 2.37 bits per heavy atom. The highest BCUT2D eigenvalue weighted by atomic mass is 16.2. The zero-order valence-corrected chi connectivity index (χ0v) is 12.5. The molecule has 2 aliphatic rings. The monoisotopic (exact) mass is 267 g/mol. The molecule has 0 aromatic heterocycles. The summed E-state index contributed by atoms with van der Waals surface area (Å²) in [5.41, 5.74) is 0. The van der Waals surface area contributed by atoms with Gasteiger partial charge in [-0.15, -0.1) is 0 Å². The first-order valence-electron chi connectivity index (χ1n) is 7.93. The molecule has 2 fully saturated rings. The van der Waals surface area contributed by atoms with Gasteiger partial charge in [0.1, 0.15) is 0 Å². The number of carbonyl (C=O) groups is 1. The van der Waals surface area contributed by atoms with Gasteiger partial charge in [-0.1, -0.05) is 20.3 Å². The molecule has 4 nitrogen and oxygen atoms in total. The summed E-state index contributed by atoms with van der Waals surface area (Å²) in [5.74, 6) is 0.766. The van der Waals surface area contributed by atoms with Crippen LogP contribution in [0.25, 0.3) is 0 Å². The molecular formula is C15H29N3O. The zero-order valence-electron chi connectivity index (χ0n) is 12.5. The number of nitrogens with one attached hydrogen (secondary N) is 1. The average molecular weight is 267 g/mol. The number of carbonyl (C=O) groups excluding carboxylic acids is 1. The molecule has 2 heterocycles. The van der Waals surface area contributed by atoms with Gasteiger partial charge in [0.05, 0.1) is 6.04 Å². The van der Waals surface area contributed by atoms with Gasteiger partial charge in [0.15, 0.2) is 0 Å². The van der Waals surface area contributed by atoms with E-state index in [9.17, 15) is 4.79 Å². The lowest BCUT2D eigenvalue weighted by Crippen LogP contribution is -2.53. The molecule has 0 spiro atoms. The number of likely N-dealkylation sites (tertiary alicyclic amines) is 1. The summed E-state index contributed by atoms with van der Waals surface area (Å²) in [6.45, 7) is 10.3. The van der Waals surface area contributed by atoms with Crippen molar-refractivity contribution >= 4 is 5.91 Å². The summed E-state index contributed by atoms with van der Waals surface area (Å²) in [4.78, 5) is 17.4. The fourth-order valence-electron chi connectivity index (χ4n) is 3.31. The Balaban J connectivity index is 2.02. The lowest BCUT2D eigenvalue weighted by molar-refractivity contribution is -0.139. The van der Waals surface area contributed by atoms with Crippen LogP contribution in [0.5, 0.6) is 0 Å². The Bertz CT molecular complexity index is 279. The average Bonchev–Trinajstić information content (AvgIpc) is 2.68. The first-order valence-corrected chi connectivity index (χ1v) is 7.93. The molecule has 2 saturated heterocycles. The van der Waals surface area contributed by atoms with E-state index in [0.29, 0.717) is 11.8 Å². The summed E-state index contributed by atoms with van der Waals surface area (Å²) in [7, 11) is 0. The SMILES string of the molecule is CC(C)C(C(=O)N1CCCNCC1)N1CCCCC1. The second kappa shape index (κ2) is 7.25. The van der Waals surface area contributed by atoms with Gasteiger partial charge in [-0.3, -0.25) is 9.69 Å². The minimum atomic E-state index is 0.0957. The van der Waals surface area contributed by atoms with Crippen molar-refractivity contribution in [2.75, 3.05) is 39.3 Å². The van der Waals surface area contributed by atoms with E-state index in [0.717, 1.165) is 45.7 Å². The Morgan fingerprint density at radius 1 is 0.947 bits per heavy atom. The molecule has 1 unspecified atom stereocenters. The molecule has 0 radical (unpaired) electrons. The molecule has 1 N–H and O–H groups in total. The maximum absolute atomic E-state index is 12.8. The van der Waals surface area contributed by atoms with Crippen LogP contribution in [0.2, 0.25) is 0 Å². The maximum atomic E-state index is 12.8. The van der Waals surface area contributed by atoms with Crippen LogP contribution >= 0.6 is 0 Å². The van der Waals surface area contributed by atoms with Gasteiger partial charge in [0.25, 0.3) is 0 Å². The Morgan fingerprint density at radius 2 is 1.68 bits per heavy atom. The number of hydrogen-bond donors (Lipinski definition) is 1. The normalized spacial score (nSPS) is 24.3. The maximum Gasteiger partial charge on any atom is 0.240 e. The summed E-state index contributed by atoms with van der Waals surface area (Å²) in [6.07, 6.45) is 4.90. The van der Waals surface area contributed by atoms with E-state index in [4.69, 9.17) is 0 Å². The van der Waals surface area contributed by atoms with Crippen molar-refractivity contribution in [3.8, 4) is 0 Å². The van der Waals surface area contributed by atoms with Crippen molar-refractivity contribution in [2.24, 2.45) is 5.92 Å². The molecule has 2 rings (SSSR count). The molecule has 0 bridgehead atoms.